The Kier molecular flexibility index (Phi) is 2.12. The van der Waals surface area contributed by atoms with Crippen LogP contribution in [0.25, 0.3) is 0 Å². The van der Waals surface area contributed by atoms with Crippen LogP contribution in [0.5, 0.6) is 0 Å². The normalized spacial score (nSPS) is 45.0. The number of rotatable bonds is 0. The van der Waals surface area contributed by atoms with Gasteiger partial charge in [0.05, 0.1) is 0 Å². The van der Waals surface area contributed by atoms with Crippen LogP contribution in [-0.4, -0.2) is 6.04 Å². The first kappa shape index (κ1) is 7.07. The molecule has 0 bridgehead atoms. The lowest BCUT2D eigenvalue weighted by atomic mass is 9.81. The predicted molar refractivity (Wildman–Crippen MR) is 40.2 cm³/mol. The van der Waals surface area contributed by atoms with Gasteiger partial charge >= 0.3 is 0 Å². The van der Waals surface area contributed by atoms with Crippen LogP contribution in [0.3, 0.4) is 0 Å². The summed E-state index contributed by atoms with van der Waals surface area (Å²) < 4.78 is 0. The van der Waals surface area contributed by atoms with Crippen LogP contribution in [0, 0.1) is 11.8 Å². The number of nitrogens with two attached hydrogens (primary N) is 1. The Balaban J connectivity index is 2.35. The van der Waals surface area contributed by atoms with Crippen LogP contribution >= 0.6 is 0 Å². The van der Waals surface area contributed by atoms with E-state index in [1.807, 2.05) is 0 Å². The maximum absolute atomic E-state index is 5.87. The average molecular weight is 127 g/mol. The summed E-state index contributed by atoms with van der Waals surface area (Å²) in [6, 6.07) is 0.480. The van der Waals surface area contributed by atoms with Crippen molar-refractivity contribution in [1.82, 2.24) is 0 Å². The van der Waals surface area contributed by atoms with E-state index in [-0.39, 0.29) is 0 Å². The molecule has 0 aromatic heterocycles. The summed E-state index contributed by atoms with van der Waals surface area (Å²) in [4.78, 5) is 0. The first-order valence-electron chi connectivity index (χ1n) is 3.95. The third-order valence-electron chi connectivity index (χ3n) is 2.52. The van der Waals surface area contributed by atoms with E-state index in [0.717, 1.165) is 11.8 Å². The average Bonchev–Trinajstić information content (AvgIpc) is 1.80. The van der Waals surface area contributed by atoms with Crippen LogP contribution < -0.4 is 5.73 Å². The molecule has 1 heteroatoms. The fourth-order valence-electron chi connectivity index (χ4n) is 1.58. The van der Waals surface area contributed by atoms with E-state index in [9.17, 15) is 0 Å². The van der Waals surface area contributed by atoms with Crippen molar-refractivity contribution >= 4 is 0 Å². The van der Waals surface area contributed by atoms with Crippen LogP contribution in [0.15, 0.2) is 0 Å². The fraction of sp³-hybridized carbons (Fsp3) is 1.00. The lowest BCUT2D eigenvalue weighted by Gasteiger charge is -2.29. The second kappa shape index (κ2) is 2.70. The van der Waals surface area contributed by atoms with Crippen LogP contribution in [-0.2, 0) is 0 Å². The second-order valence-corrected chi connectivity index (χ2v) is 3.56. The Morgan fingerprint density at radius 3 is 2.33 bits per heavy atom. The number of hydrogen-bond donors (Lipinski definition) is 1. The molecule has 0 radical (unpaired) electrons. The van der Waals surface area contributed by atoms with Gasteiger partial charge in [-0.15, -0.1) is 0 Å². The minimum Gasteiger partial charge on any atom is -0.327 e. The molecule has 0 saturated heterocycles. The summed E-state index contributed by atoms with van der Waals surface area (Å²) in [6.07, 6.45) is 3.96. The second-order valence-electron chi connectivity index (χ2n) is 3.56. The molecule has 1 unspecified atom stereocenters. The third-order valence-corrected chi connectivity index (χ3v) is 2.52. The maximum atomic E-state index is 5.87. The summed E-state index contributed by atoms with van der Waals surface area (Å²) in [7, 11) is 0. The van der Waals surface area contributed by atoms with Crippen molar-refractivity contribution in [3.63, 3.8) is 0 Å². The van der Waals surface area contributed by atoms with Gasteiger partial charge in [-0.2, -0.15) is 0 Å². The predicted octanol–water partition coefficient (Wildman–Crippen LogP) is 1.77. The molecule has 0 heterocycles. The van der Waals surface area contributed by atoms with E-state index >= 15 is 0 Å². The molecule has 1 aliphatic carbocycles. The smallest absolute Gasteiger partial charge is 0.00670 e. The van der Waals surface area contributed by atoms with Crippen molar-refractivity contribution in [3.8, 4) is 0 Å². The molecule has 1 aliphatic rings. The molecule has 0 aliphatic heterocycles. The van der Waals surface area contributed by atoms with E-state index < -0.39 is 0 Å². The van der Waals surface area contributed by atoms with Gasteiger partial charge in [-0.05, 0) is 24.7 Å². The zero-order valence-electron chi connectivity index (χ0n) is 6.43. The topological polar surface area (TPSA) is 26.0 Å². The Morgan fingerprint density at radius 2 is 1.89 bits per heavy atom. The Labute approximate surface area is 57.6 Å². The van der Waals surface area contributed by atoms with Gasteiger partial charge in [0, 0.05) is 6.04 Å². The Morgan fingerprint density at radius 1 is 1.22 bits per heavy atom. The van der Waals surface area contributed by atoms with Gasteiger partial charge in [-0.1, -0.05) is 20.3 Å². The van der Waals surface area contributed by atoms with Crippen molar-refractivity contribution < 1.29 is 0 Å². The Hall–Kier alpha value is -0.0400. The quantitative estimate of drug-likeness (QED) is 0.527. The van der Waals surface area contributed by atoms with E-state index in [2.05, 4.69) is 13.8 Å². The standard InChI is InChI=1S/C8H17N/c1-6-3-4-7(2)8(9)5-6/h6-8H,3-5,9H2,1-2H3/t6?,7-,8+/m1/s1. The summed E-state index contributed by atoms with van der Waals surface area (Å²) in [5.41, 5.74) is 5.87. The van der Waals surface area contributed by atoms with Crippen molar-refractivity contribution in [2.45, 2.75) is 39.2 Å². The summed E-state index contributed by atoms with van der Waals surface area (Å²) in [6.45, 7) is 4.56. The van der Waals surface area contributed by atoms with Crippen LogP contribution in [0.4, 0.5) is 0 Å². The third kappa shape index (κ3) is 1.68. The molecular formula is C8H17N. The fourth-order valence-corrected chi connectivity index (χ4v) is 1.58. The van der Waals surface area contributed by atoms with E-state index in [1.165, 1.54) is 19.3 Å². The molecule has 54 valence electrons. The SMILES string of the molecule is CC1CC[C@@H](C)[C@@H](N)C1. The van der Waals surface area contributed by atoms with Crippen LogP contribution in [0.1, 0.15) is 33.1 Å². The first-order chi connectivity index (χ1) is 4.20. The number of hydrogen-bond acceptors (Lipinski definition) is 1. The first-order valence-corrected chi connectivity index (χ1v) is 3.95. The van der Waals surface area contributed by atoms with E-state index in [4.69, 9.17) is 5.73 Å². The molecular weight excluding hydrogens is 110 g/mol. The minimum atomic E-state index is 0.480. The highest BCUT2D eigenvalue weighted by atomic mass is 14.7. The lowest BCUT2D eigenvalue weighted by molar-refractivity contribution is 0.266. The van der Waals surface area contributed by atoms with Gasteiger partial charge in [-0.25, -0.2) is 0 Å². The molecule has 3 atom stereocenters. The molecule has 0 aromatic rings. The summed E-state index contributed by atoms with van der Waals surface area (Å²) >= 11 is 0. The van der Waals surface area contributed by atoms with Gasteiger partial charge in [0.25, 0.3) is 0 Å². The zero-order valence-corrected chi connectivity index (χ0v) is 6.43. The molecule has 9 heavy (non-hydrogen) atoms. The van der Waals surface area contributed by atoms with Gasteiger partial charge in [-0.3, -0.25) is 0 Å². The zero-order chi connectivity index (χ0) is 6.85. The summed E-state index contributed by atoms with van der Waals surface area (Å²) in [5, 5.41) is 0. The molecule has 1 nitrogen and oxygen atoms in total. The molecule has 0 amide bonds. The van der Waals surface area contributed by atoms with Crippen molar-refractivity contribution in [2.75, 3.05) is 0 Å². The molecule has 1 rings (SSSR count). The molecule has 0 spiro atoms. The molecule has 2 N–H and O–H groups in total. The highest BCUT2D eigenvalue weighted by Gasteiger charge is 2.21. The van der Waals surface area contributed by atoms with E-state index in [0.29, 0.717) is 6.04 Å². The van der Waals surface area contributed by atoms with Gasteiger partial charge < -0.3 is 5.73 Å². The van der Waals surface area contributed by atoms with Gasteiger partial charge in [0.2, 0.25) is 0 Å². The Bertz CT molecular complexity index is 90.6. The van der Waals surface area contributed by atoms with Crippen LogP contribution in [0.2, 0.25) is 0 Å². The van der Waals surface area contributed by atoms with Crippen molar-refractivity contribution in [3.05, 3.63) is 0 Å². The lowest BCUT2D eigenvalue weighted by Crippen LogP contribution is -2.34. The van der Waals surface area contributed by atoms with Gasteiger partial charge in [0.1, 0.15) is 0 Å². The van der Waals surface area contributed by atoms with Gasteiger partial charge in [0.15, 0.2) is 0 Å². The van der Waals surface area contributed by atoms with Crippen molar-refractivity contribution in [2.24, 2.45) is 17.6 Å². The molecule has 1 fully saturated rings. The highest BCUT2D eigenvalue weighted by molar-refractivity contribution is 4.77. The van der Waals surface area contributed by atoms with Crippen molar-refractivity contribution in [1.29, 1.82) is 0 Å². The molecule has 1 saturated carbocycles. The highest BCUT2D eigenvalue weighted by Crippen LogP contribution is 2.26. The largest absolute Gasteiger partial charge is 0.327 e. The molecule has 0 aromatic carbocycles. The minimum absolute atomic E-state index is 0.480. The maximum Gasteiger partial charge on any atom is 0.00670 e. The van der Waals surface area contributed by atoms with E-state index in [1.54, 1.807) is 0 Å². The summed E-state index contributed by atoms with van der Waals surface area (Å²) in [5.74, 6) is 1.64. The monoisotopic (exact) mass is 127 g/mol.